The fourth-order valence-electron chi connectivity index (χ4n) is 5.05. The molecule has 0 aromatic heterocycles. The fraction of sp³-hybridized carbons (Fsp3) is 0.308. The Morgan fingerprint density at radius 2 is 1.50 bits per heavy atom. The molecular formula is C26H26FNO4S2. The van der Waals surface area contributed by atoms with Crippen molar-refractivity contribution < 1.29 is 21.2 Å². The summed E-state index contributed by atoms with van der Waals surface area (Å²) in [5, 5.41) is 0. The predicted molar refractivity (Wildman–Crippen MR) is 128 cm³/mol. The molecule has 3 aromatic rings. The van der Waals surface area contributed by atoms with Gasteiger partial charge in [-0.25, -0.2) is 25.9 Å². The largest absolute Gasteiger partial charge is 0.241 e. The highest BCUT2D eigenvalue weighted by Crippen LogP contribution is 2.37. The summed E-state index contributed by atoms with van der Waals surface area (Å²) in [6.45, 7) is 3.78. The zero-order valence-corrected chi connectivity index (χ0v) is 20.6. The number of rotatable bonds is 4. The van der Waals surface area contributed by atoms with E-state index in [0.717, 1.165) is 17.2 Å². The minimum Gasteiger partial charge on any atom is -0.218 e. The first-order valence-corrected chi connectivity index (χ1v) is 14.3. The SMILES string of the molecule is CC(C)c1cc2c(cc1S(=O)(=O)NC1Cc3ccccc3C1)S(=O)(=O)c1cc(F)ccc1CC2. The van der Waals surface area contributed by atoms with Crippen molar-refractivity contribution >= 4 is 19.9 Å². The summed E-state index contributed by atoms with van der Waals surface area (Å²) < 4.78 is 71.0. The first-order valence-electron chi connectivity index (χ1n) is 11.4. The van der Waals surface area contributed by atoms with Crippen molar-refractivity contribution in [2.45, 2.75) is 66.2 Å². The monoisotopic (exact) mass is 499 g/mol. The summed E-state index contributed by atoms with van der Waals surface area (Å²) in [6.07, 6.45) is 2.03. The van der Waals surface area contributed by atoms with Gasteiger partial charge in [0.25, 0.3) is 0 Å². The Kier molecular flexibility index (Phi) is 5.66. The van der Waals surface area contributed by atoms with Crippen molar-refractivity contribution in [1.29, 1.82) is 0 Å². The van der Waals surface area contributed by atoms with Crippen molar-refractivity contribution in [1.82, 2.24) is 4.72 Å². The number of sulfone groups is 1. The van der Waals surface area contributed by atoms with Gasteiger partial charge in [-0.15, -0.1) is 0 Å². The zero-order chi connectivity index (χ0) is 24.3. The van der Waals surface area contributed by atoms with Crippen LogP contribution in [0.1, 0.15) is 47.6 Å². The summed E-state index contributed by atoms with van der Waals surface area (Å²) in [7, 11) is -8.10. The second kappa shape index (κ2) is 8.29. The topological polar surface area (TPSA) is 80.3 Å². The molecule has 0 radical (unpaired) electrons. The summed E-state index contributed by atoms with van der Waals surface area (Å²) in [6, 6.07) is 14.3. The highest BCUT2D eigenvalue weighted by Gasteiger charge is 2.33. The average molecular weight is 500 g/mol. The third kappa shape index (κ3) is 3.97. The van der Waals surface area contributed by atoms with E-state index >= 15 is 0 Å². The molecule has 0 bridgehead atoms. The number of hydrogen-bond acceptors (Lipinski definition) is 4. The third-order valence-corrected chi connectivity index (χ3v) is 10.2. The number of nitrogens with one attached hydrogen (secondary N) is 1. The van der Waals surface area contributed by atoms with Crippen LogP contribution in [0.3, 0.4) is 0 Å². The number of benzene rings is 3. The van der Waals surface area contributed by atoms with Crippen molar-refractivity contribution in [3.05, 3.63) is 88.2 Å². The molecule has 1 aliphatic heterocycles. The van der Waals surface area contributed by atoms with E-state index in [0.29, 0.717) is 42.4 Å². The second-order valence-corrected chi connectivity index (χ2v) is 13.0. The van der Waals surface area contributed by atoms with Crippen molar-refractivity contribution in [2.75, 3.05) is 0 Å². The summed E-state index contributed by atoms with van der Waals surface area (Å²) >= 11 is 0. The number of halogens is 1. The van der Waals surface area contributed by atoms with Gasteiger partial charge in [0.2, 0.25) is 19.9 Å². The maximum Gasteiger partial charge on any atom is 0.241 e. The van der Waals surface area contributed by atoms with E-state index in [4.69, 9.17) is 0 Å². The molecule has 5 nitrogen and oxygen atoms in total. The van der Waals surface area contributed by atoms with E-state index < -0.39 is 25.7 Å². The van der Waals surface area contributed by atoms with E-state index in [1.165, 1.54) is 18.2 Å². The van der Waals surface area contributed by atoms with Gasteiger partial charge in [0, 0.05) is 6.04 Å². The summed E-state index contributed by atoms with van der Waals surface area (Å²) in [4.78, 5) is -0.178. The molecule has 0 amide bonds. The summed E-state index contributed by atoms with van der Waals surface area (Å²) in [5.74, 6) is -0.775. The molecule has 0 unspecified atom stereocenters. The molecular weight excluding hydrogens is 473 g/mol. The number of hydrogen-bond donors (Lipinski definition) is 1. The number of sulfonamides is 1. The number of aryl methyl sites for hydroxylation is 2. The molecule has 0 atom stereocenters. The Labute approximate surface area is 200 Å². The van der Waals surface area contributed by atoms with Crippen LogP contribution in [-0.4, -0.2) is 22.9 Å². The minimum absolute atomic E-state index is 0.0272. The standard InChI is InChI=1S/C26H26FNO4S2/c1-16(2)23-13-20-8-7-17-9-10-21(27)14-24(17)33(29,30)25(20)15-26(23)34(31,32)28-22-11-18-5-3-4-6-19(18)12-22/h3-6,9-10,13-16,22,28H,7-8,11-12H2,1-2H3. The minimum atomic E-state index is -4.09. The molecule has 5 rings (SSSR count). The van der Waals surface area contributed by atoms with E-state index in [-0.39, 0.29) is 26.6 Å². The Bertz CT molecular complexity index is 1490. The normalized spacial score (nSPS) is 17.2. The van der Waals surface area contributed by atoms with Crippen molar-refractivity contribution in [3.8, 4) is 0 Å². The molecule has 1 N–H and O–H groups in total. The first-order chi connectivity index (χ1) is 16.1. The van der Waals surface area contributed by atoms with E-state index in [2.05, 4.69) is 4.72 Å². The molecule has 178 valence electrons. The van der Waals surface area contributed by atoms with Gasteiger partial charge in [0.15, 0.2) is 0 Å². The van der Waals surface area contributed by atoms with Gasteiger partial charge in [-0.2, -0.15) is 0 Å². The lowest BCUT2D eigenvalue weighted by molar-refractivity contribution is 0.553. The molecule has 2 aliphatic rings. The highest BCUT2D eigenvalue weighted by atomic mass is 32.2. The molecule has 0 saturated heterocycles. The summed E-state index contributed by atoms with van der Waals surface area (Å²) in [5.41, 5.74) is 3.90. The Balaban J connectivity index is 1.60. The van der Waals surface area contributed by atoms with Gasteiger partial charge in [-0.3, -0.25) is 0 Å². The van der Waals surface area contributed by atoms with Gasteiger partial charge in [-0.05, 0) is 77.6 Å². The molecule has 0 saturated carbocycles. The first kappa shape index (κ1) is 23.2. The van der Waals surface area contributed by atoms with Gasteiger partial charge in [-0.1, -0.05) is 50.2 Å². The highest BCUT2D eigenvalue weighted by molar-refractivity contribution is 7.92. The fourth-order valence-corrected chi connectivity index (χ4v) is 8.54. The molecule has 3 aromatic carbocycles. The van der Waals surface area contributed by atoms with Crippen LogP contribution >= 0.6 is 0 Å². The lowest BCUT2D eigenvalue weighted by Crippen LogP contribution is -2.36. The third-order valence-electron chi connectivity index (χ3n) is 6.75. The van der Waals surface area contributed by atoms with Crippen LogP contribution < -0.4 is 4.72 Å². The van der Waals surface area contributed by atoms with E-state index in [1.54, 1.807) is 6.07 Å². The molecule has 1 aliphatic carbocycles. The van der Waals surface area contributed by atoms with Crippen LogP contribution in [0, 0.1) is 5.82 Å². The second-order valence-electron chi connectivity index (χ2n) is 9.40. The van der Waals surface area contributed by atoms with Crippen molar-refractivity contribution in [2.24, 2.45) is 0 Å². The van der Waals surface area contributed by atoms with E-state index in [9.17, 15) is 21.2 Å². The Morgan fingerprint density at radius 3 is 2.15 bits per heavy atom. The average Bonchev–Trinajstić information content (AvgIpc) is 3.14. The van der Waals surface area contributed by atoms with E-state index in [1.807, 2.05) is 38.1 Å². The molecule has 1 heterocycles. The maximum atomic E-state index is 14.0. The van der Waals surface area contributed by atoms with Gasteiger partial charge in [0.05, 0.1) is 14.7 Å². The van der Waals surface area contributed by atoms with Crippen LogP contribution in [0.25, 0.3) is 0 Å². The van der Waals surface area contributed by atoms with Crippen LogP contribution in [0.2, 0.25) is 0 Å². The smallest absolute Gasteiger partial charge is 0.218 e. The van der Waals surface area contributed by atoms with Crippen LogP contribution in [-0.2, 0) is 45.5 Å². The lowest BCUT2D eigenvalue weighted by atomic mass is 9.97. The lowest BCUT2D eigenvalue weighted by Gasteiger charge is -2.20. The van der Waals surface area contributed by atoms with Gasteiger partial charge in [0.1, 0.15) is 5.82 Å². The van der Waals surface area contributed by atoms with Crippen molar-refractivity contribution in [3.63, 3.8) is 0 Å². The zero-order valence-electron chi connectivity index (χ0n) is 19.0. The van der Waals surface area contributed by atoms with Crippen LogP contribution in [0.4, 0.5) is 4.39 Å². The van der Waals surface area contributed by atoms with Gasteiger partial charge >= 0.3 is 0 Å². The molecule has 8 heteroatoms. The quantitative estimate of drug-likeness (QED) is 0.580. The van der Waals surface area contributed by atoms with Crippen LogP contribution in [0.5, 0.6) is 0 Å². The molecule has 0 fully saturated rings. The maximum absolute atomic E-state index is 14.0. The molecule has 34 heavy (non-hydrogen) atoms. The molecule has 0 spiro atoms. The Hall–Kier alpha value is -2.55. The van der Waals surface area contributed by atoms with Gasteiger partial charge < -0.3 is 0 Å². The Morgan fingerprint density at radius 1 is 0.882 bits per heavy atom. The van der Waals surface area contributed by atoms with Crippen LogP contribution in [0.15, 0.2) is 69.3 Å². The number of fused-ring (bicyclic) bond motifs is 3. The predicted octanol–water partition coefficient (Wildman–Crippen LogP) is 4.33.